The maximum atomic E-state index is 13.5. The van der Waals surface area contributed by atoms with Crippen LogP contribution in [0.25, 0.3) is 0 Å². The van der Waals surface area contributed by atoms with Crippen LogP contribution in [0.4, 0.5) is 4.39 Å². The van der Waals surface area contributed by atoms with E-state index >= 15 is 0 Å². The van der Waals surface area contributed by atoms with Crippen molar-refractivity contribution >= 4 is 0 Å². The normalized spacial score (nSPS) is 26.7. The molecular formula is C17H25FN2O. The third-order valence-electron chi connectivity index (χ3n) is 5.16. The van der Waals surface area contributed by atoms with Crippen molar-refractivity contribution in [1.29, 1.82) is 0 Å². The van der Waals surface area contributed by atoms with Crippen molar-refractivity contribution < 1.29 is 9.13 Å². The molecule has 0 radical (unpaired) electrons. The Morgan fingerprint density at radius 2 is 2.14 bits per heavy atom. The zero-order valence-corrected chi connectivity index (χ0v) is 12.8. The number of nitrogens with zero attached hydrogens (tertiary/aromatic N) is 1. The van der Waals surface area contributed by atoms with Crippen LogP contribution in [-0.4, -0.2) is 24.2 Å². The topological polar surface area (TPSA) is 34.2 Å². The van der Waals surface area contributed by atoms with Gasteiger partial charge in [0.05, 0.1) is 11.8 Å². The fourth-order valence-corrected chi connectivity index (χ4v) is 4.17. The van der Waals surface area contributed by atoms with Gasteiger partial charge in [0, 0.05) is 18.8 Å². The lowest BCUT2D eigenvalue weighted by Gasteiger charge is -2.45. The number of nitrogens with one attached hydrogen (secondary N) is 1. The number of rotatable bonds is 3. The number of ether oxygens (including phenoxy) is 1. The fourth-order valence-electron chi connectivity index (χ4n) is 4.17. The van der Waals surface area contributed by atoms with Crippen LogP contribution in [0, 0.1) is 11.7 Å². The summed E-state index contributed by atoms with van der Waals surface area (Å²) in [6.07, 6.45) is 11.4. The predicted octanol–water partition coefficient (Wildman–Crippen LogP) is 3.61. The lowest BCUT2D eigenvalue weighted by molar-refractivity contribution is -0.121. The molecule has 2 fully saturated rings. The van der Waals surface area contributed by atoms with Crippen LogP contribution < -0.4 is 5.32 Å². The Hall–Kier alpha value is -1.00. The summed E-state index contributed by atoms with van der Waals surface area (Å²) >= 11 is 0. The first-order chi connectivity index (χ1) is 10.2. The molecule has 2 aliphatic rings. The summed E-state index contributed by atoms with van der Waals surface area (Å²) in [4.78, 5) is 4.01. The second kappa shape index (κ2) is 6.41. The van der Waals surface area contributed by atoms with E-state index in [1.165, 1.54) is 38.3 Å². The van der Waals surface area contributed by atoms with Crippen molar-refractivity contribution in [1.82, 2.24) is 10.3 Å². The van der Waals surface area contributed by atoms with Crippen LogP contribution in [0.2, 0.25) is 0 Å². The first-order valence-electron chi connectivity index (χ1n) is 8.14. The number of halogens is 1. The van der Waals surface area contributed by atoms with Crippen LogP contribution in [0.15, 0.2) is 18.5 Å². The van der Waals surface area contributed by atoms with Crippen LogP contribution in [-0.2, 0) is 4.74 Å². The molecule has 4 heteroatoms. The predicted molar refractivity (Wildman–Crippen MR) is 80.5 cm³/mol. The van der Waals surface area contributed by atoms with Gasteiger partial charge in [-0.15, -0.1) is 0 Å². The first kappa shape index (κ1) is 14.9. The molecule has 1 aliphatic carbocycles. The Morgan fingerprint density at radius 3 is 2.86 bits per heavy atom. The van der Waals surface area contributed by atoms with Gasteiger partial charge in [-0.05, 0) is 50.3 Å². The zero-order valence-electron chi connectivity index (χ0n) is 12.8. The highest BCUT2D eigenvalue weighted by Gasteiger charge is 2.40. The van der Waals surface area contributed by atoms with E-state index in [1.54, 1.807) is 12.3 Å². The van der Waals surface area contributed by atoms with Gasteiger partial charge in [-0.3, -0.25) is 4.98 Å². The molecule has 0 aromatic carbocycles. The average molecular weight is 292 g/mol. The van der Waals surface area contributed by atoms with Crippen molar-refractivity contribution in [2.45, 2.75) is 56.6 Å². The molecule has 1 spiro atoms. The highest BCUT2D eigenvalue weighted by Crippen LogP contribution is 2.44. The van der Waals surface area contributed by atoms with Gasteiger partial charge < -0.3 is 10.1 Å². The molecule has 0 amide bonds. The summed E-state index contributed by atoms with van der Waals surface area (Å²) in [5.74, 6) is 0.234. The minimum atomic E-state index is -0.257. The lowest BCUT2D eigenvalue weighted by Crippen LogP contribution is -2.44. The lowest BCUT2D eigenvalue weighted by atomic mass is 9.73. The molecule has 3 nitrogen and oxygen atoms in total. The zero-order chi connectivity index (χ0) is 14.7. The van der Waals surface area contributed by atoms with Crippen LogP contribution in [0.1, 0.15) is 56.6 Å². The Labute approximate surface area is 126 Å². The third-order valence-corrected chi connectivity index (χ3v) is 5.16. The number of hydrogen-bond donors (Lipinski definition) is 1. The Morgan fingerprint density at radius 1 is 1.33 bits per heavy atom. The Kier molecular flexibility index (Phi) is 4.55. The molecule has 2 unspecified atom stereocenters. The molecule has 1 saturated heterocycles. The van der Waals surface area contributed by atoms with Crippen molar-refractivity contribution in [2.75, 3.05) is 13.7 Å². The van der Waals surface area contributed by atoms with Gasteiger partial charge in [0.15, 0.2) is 0 Å². The molecule has 21 heavy (non-hydrogen) atoms. The van der Waals surface area contributed by atoms with E-state index in [9.17, 15) is 4.39 Å². The molecule has 2 heterocycles. The third kappa shape index (κ3) is 3.27. The van der Waals surface area contributed by atoms with E-state index in [-0.39, 0.29) is 17.5 Å². The second-order valence-corrected chi connectivity index (χ2v) is 6.55. The summed E-state index contributed by atoms with van der Waals surface area (Å²) in [7, 11) is 1.96. The van der Waals surface area contributed by atoms with Crippen LogP contribution in [0.3, 0.4) is 0 Å². The quantitative estimate of drug-likeness (QED) is 0.924. The standard InChI is InChI=1S/C17H25FN2O/c1-19-16(14-9-15(18)12-20-11-14)13-5-8-21-17(10-13)6-3-2-4-7-17/h9,11-13,16,19H,2-8,10H2,1H3. The number of hydrogen-bond acceptors (Lipinski definition) is 3. The monoisotopic (exact) mass is 292 g/mol. The van der Waals surface area contributed by atoms with E-state index in [0.29, 0.717) is 5.92 Å². The van der Waals surface area contributed by atoms with Gasteiger partial charge in [0.1, 0.15) is 5.82 Å². The van der Waals surface area contributed by atoms with Crippen molar-refractivity contribution in [3.05, 3.63) is 29.8 Å². The SMILES string of the molecule is CNC(c1cncc(F)c1)C1CCOC2(CCCCC2)C1. The highest BCUT2D eigenvalue weighted by molar-refractivity contribution is 5.17. The Bertz CT molecular complexity index is 468. The van der Waals surface area contributed by atoms with Crippen LogP contribution >= 0.6 is 0 Å². The number of pyridine rings is 1. The van der Waals surface area contributed by atoms with Crippen LogP contribution in [0.5, 0.6) is 0 Å². The molecule has 116 valence electrons. The average Bonchev–Trinajstić information content (AvgIpc) is 2.49. The maximum absolute atomic E-state index is 13.5. The largest absolute Gasteiger partial charge is 0.375 e. The Balaban J connectivity index is 1.77. The molecule has 1 aliphatic heterocycles. The van der Waals surface area contributed by atoms with Gasteiger partial charge in [-0.1, -0.05) is 19.3 Å². The highest BCUT2D eigenvalue weighted by atomic mass is 19.1. The van der Waals surface area contributed by atoms with Crippen molar-refractivity contribution in [3.63, 3.8) is 0 Å². The van der Waals surface area contributed by atoms with Gasteiger partial charge >= 0.3 is 0 Å². The molecule has 1 aromatic rings. The molecular weight excluding hydrogens is 267 g/mol. The van der Waals surface area contributed by atoms with Gasteiger partial charge in [0.25, 0.3) is 0 Å². The molecule has 1 aromatic heterocycles. The van der Waals surface area contributed by atoms with Gasteiger partial charge in [-0.25, -0.2) is 4.39 Å². The van der Waals surface area contributed by atoms with E-state index < -0.39 is 0 Å². The van der Waals surface area contributed by atoms with E-state index in [1.807, 2.05) is 7.05 Å². The van der Waals surface area contributed by atoms with E-state index in [4.69, 9.17) is 4.74 Å². The summed E-state index contributed by atoms with van der Waals surface area (Å²) < 4.78 is 19.6. The molecule has 0 bridgehead atoms. The molecule has 3 rings (SSSR count). The van der Waals surface area contributed by atoms with Gasteiger partial charge in [0.2, 0.25) is 0 Å². The molecule has 1 saturated carbocycles. The smallest absolute Gasteiger partial charge is 0.141 e. The van der Waals surface area contributed by atoms with Crippen molar-refractivity contribution in [3.8, 4) is 0 Å². The summed E-state index contributed by atoms with van der Waals surface area (Å²) in [6, 6.07) is 1.77. The minimum Gasteiger partial charge on any atom is -0.375 e. The van der Waals surface area contributed by atoms with Crippen molar-refractivity contribution in [2.24, 2.45) is 5.92 Å². The molecule has 2 atom stereocenters. The summed E-state index contributed by atoms with van der Waals surface area (Å²) in [6.45, 7) is 0.825. The minimum absolute atomic E-state index is 0.0804. The fraction of sp³-hybridized carbons (Fsp3) is 0.706. The summed E-state index contributed by atoms with van der Waals surface area (Å²) in [5.41, 5.74) is 1.03. The van der Waals surface area contributed by atoms with Gasteiger partial charge in [-0.2, -0.15) is 0 Å². The first-order valence-corrected chi connectivity index (χ1v) is 8.14. The van der Waals surface area contributed by atoms with E-state index in [0.717, 1.165) is 25.0 Å². The maximum Gasteiger partial charge on any atom is 0.141 e. The van der Waals surface area contributed by atoms with E-state index in [2.05, 4.69) is 10.3 Å². The summed E-state index contributed by atoms with van der Waals surface area (Å²) in [5, 5.41) is 3.38. The molecule has 1 N–H and O–H groups in total. The second-order valence-electron chi connectivity index (χ2n) is 6.55. The number of aromatic nitrogens is 1.